The second kappa shape index (κ2) is 7.70. The van der Waals surface area contributed by atoms with Crippen LogP contribution in [0.4, 0.5) is 0 Å². The fourth-order valence-corrected chi connectivity index (χ4v) is 3.74. The molecule has 2 aliphatic rings. The van der Waals surface area contributed by atoms with E-state index in [2.05, 4.69) is 0 Å². The fourth-order valence-electron chi connectivity index (χ4n) is 3.57. The molecular weight excluding hydrogens is 332 g/mol. The number of amides is 1. The van der Waals surface area contributed by atoms with Crippen molar-refractivity contribution >= 4 is 17.5 Å². The molecule has 1 saturated heterocycles. The summed E-state index contributed by atoms with van der Waals surface area (Å²) in [5.41, 5.74) is 5.94. The fraction of sp³-hybridized carbons (Fsp3) is 0.588. The Kier molecular flexibility index (Phi) is 5.61. The van der Waals surface area contributed by atoms with Crippen molar-refractivity contribution in [1.82, 2.24) is 4.90 Å². The number of aliphatic hydroxyl groups excluding tert-OH is 1. The highest BCUT2D eigenvalue weighted by Crippen LogP contribution is 2.35. The molecule has 24 heavy (non-hydrogen) atoms. The maximum absolute atomic E-state index is 13.1. The summed E-state index contributed by atoms with van der Waals surface area (Å²) in [6.07, 6.45) is 1.54. The molecule has 0 spiro atoms. The average molecular weight is 355 g/mol. The number of nitrogens with two attached hydrogens (primary N) is 1. The van der Waals surface area contributed by atoms with Gasteiger partial charge < -0.3 is 25.2 Å². The first-order chi connectivity index (χ1) is 11.6. The average Bonchev–Trinajstić information content (AvgIpc) is 3.03. The number of morpholine rings is 1. The summed E-state index contributed by atoms with van der Waals surface area (Å²) in [6, 6.07) is 5.03. The molecule has 1 amide bonds. The van der Waals surface area contributed by atoms with Gasteiger partial charge in [0.15, 0.2) is 0 Å². The summed E-state index contributed by atoms with van der Waals surface area (Å²) in [7, 11) is 0. The molecule has 0 bridgehead atoms. The smallest absolute Gasteiger partial charge is 0.258 e. The van der Waals surface area contributed by atoms with Gasteiger partial charge in [-0.25, -0.2) is 0 Å². The highest BCUT2D eigenvalue weighted by Gasteiger charge is 2.43. The lowest BCUT2D eigenvalue weighted by molar-refractivity contribution is -0.0449. The Morgan fingerprint density at radius 3 is 3.04 bits per heavy atom. The van der Waals surface area contributed by atoms with Crippen LogP contribution in [0, 0.1) is 5.92 Å². The van der Waals surface area contributed by atoms with E-state index >= 15 is 0 Å². The van der Waals surface area contributed by atoms with Crippen molar-refractivity contribution in [3.05, 3.63) is 28.8 Å². The number of hydrogen-bond acceptors (Lipinski definition) is 5. The van der Waals surface area contributed by atoms with Gasteiger partial charge in [-0.15, -0.1) is 0 Å². The van der Waals surface area contributed by atoms with E-state index in [0.29, 0.717) is 42.6 Å². The minimum atomic E-state index is -0.110. The third-order valence-electron chi connectivity index (χ3n) is 4.70. The van der Waals surface area contributed by atoms with Gasteiger partial charge in [-0.05, 0) is 37.0 Å². The standard InChI is InChI=1S/C17H23ClN2O4/c18-12-1-2-15(23-5-3-19)13(9-12)17(22)20-4-6-24-16-8-11(10-21)7-14(16)20/h1-2,9,11,14,16,21H,3-8,10,19H2/t11-,14+,16?/m1/s1. The zero-order chi connectivity index (χ0) is 17.1. The molecule has 1 saturated carbocycles. The Morgan fingerprint density at radius 1 is 1.46 bits per heavy atom. The molecule has 3 atom stereocenters. The SMILES string of the molecule is NCCOc1ccc(Cl)cc1C(=O)N1CCOC2C[C@H](CO)C[C@@H]21. The lowest BCUT2D eigenvalue weighted by atomic mass is 10.1. The van der Waals surface area contributed by atoms with E-state index in [9.17, 15) is 9.90 Å². The summed E-state index contributed by atoms with van der Waals surface area (Å²) >= 11 is 6.08. The number of aliphatic hydroxyl groups is 1. The lowest BCUT2D eigenvalue weighted by Gasteiger charge is -2.38. The molecule has 1 aromatic carbocycles. The number of halogens is 1. The second-order valence-electron chi connectivity index (χ2n) is 6.27. The van der Waals surface area contributed by atoms with Crippen molar-refractivity contribution < 1.29 is 19.4 Å². The number of ether oxygens (including phenoxy) is 2. The summed E-state index contributed by atoms with van der Waals surface area (Å²) in [6.45, 7) is 1.87. The van der Waals surface area contributed by atoms with E-state index < -0.39 is 0 Å². The van der Waals surface area contributed by atoms with Gasteiger partial charge in [-0.3, -0.25) is 4.79 Å². The Morgan fingerprint density at radius 2 is 2.29 bits per heavy atom. The summed E-state index contributed by atoms with van der Waals surface area (Å²) < 4.78 is 11.4. The van der Waals surface area contributed by atoms with Crippen LogP contribution in [0.2, 0.25) is 5.02 Å². The molecule has 0 radical (unpaired) electrons. The molecule has 2 fully saturated rings. The van der Waals surface area contributed by atoms with Crippen LogP contribution in [-0.4, -0.2) is 61.0 Å². The number of carbonyl (C=O) groups excluding carboxylic acids is 1. The van der Waals surface area contributed by atoms with Gasteiger partial charge in [0.1, 0.15) is 12.4 Å². The Balaban J connectivity index is 1.84. The number of nitrogens with zero attached hydrogens (tertiary/aromatic N) is 1. The predicted octanol–water partition coefficient (Wildman–Crippen LogP) is 1.29. The minimum absolute atomic E-state index is 0.00700. The minimum Gasteiger partial charge on any atom is -0.491 e. The highest BCUT2D eigenvalue weighted by molar-refractivity contribution is 6.31. The molecule has 1 heterocycles. The van der Waals surface area contributed by atoms with E-state index in [-0.39, 0.29) is 30.6 Å². The van der Waals surface area contributed by atoms with E-state index in [1.807, 2.05) is 4.90 Å². The molecule has 7 heteroatoms. The zero-order valence-corrected chi connectivity index (χ0v) is 14.2. The Labute approximate surface area is 146 Å². The largest absolute Gasteiger partial charge is 0.491 e. The molecule has 1 aliphatic heterocycles. The summed E-state index contributed by atoms with van der Waals surface area (Å²) in [4.78, 5) is 14.9. The van der Waals surface area contributed by atoms with E-state index in [0.717, 1.165) is 12.8 Å². The van der Waals surface area contributed by atoms with Crippen molar-refractivity contribution in [2.24, 2.45) is 11.7 Å². The van der Waals surface area contributed by atoms with Crippen molar-refractivity contribution in [1.29, 1.82) is 0 Å². The number of hydrogen-bond donors (Lipinski definition) is 2. The number of fused-ring (bicyclic) bond motifs is 1. The maximum atomic E-state index is 13.1. The Hall–Kier alpha value is -1.34. The van der Waals surface area contributed by atoms with Crippen molar-refractivity contribution in [3.8, 4) is 5.75 Å². The van der Waals surface area contributed by atoms with E-state index in [1.54, 1.807) is 18.2 Å². The van der Waals surface area contributed by atoms with Crippen LogP contribution in [0.15, 0.2) is 18.2 Å². The van der Waals surface area contributed by atoms with Crippen LogP contribution in [0.25, 0.3) is 0 Å². The number of benzene rings is 1. The first kappa shape index (κ1) is 17.5. The quantitative estimate of drug-likeness (QED) is 0.832. The summed E-state index contributed by atoms with van der Waals surface area (Å²) in [5.74, 6) is 0.566. The van der Waals surface area contributed by atoms with Crippen molar-refractivity contribution in [2.75, 3.05) is 32.9 Å². The van der Waals surface area contributed by atoms with Gasteiger partial charge in [0.2, 0.25) is 0 Å². The van der Waals surface area contributed by atoms with Crippen LogP contribution in [0.1, 0.15) is 23.2 Å². The Bertz CT molecular complexity index is 598. The molecule has 132 valence electrons. The molecule has 0 aromatic heterocycles. The van der Waals surface area contributed by atoms with E-state index in [4.69, 9.17) is 26.8 Å². The van der Waals surface area contributed by atoms with Crippen LogP contribution in [-0.2, 0) is 4.74 Å². The zero-order valence-electron chi connectivity index (χ0n) is 13.5. The van der Waals surface area contributed by atoms with Crippen molar-refractivity contribution in [3.63, 3.8) is 0 Å². The highest BCUT2D eigenvalue weighted by atomic mass is 35.5. The van der Waals surface area contributed by atoms with Gasteiger partial charge in [0, 0.05) is 24.7 Å². The number of carbonyl (C=O) groups is 1. The molecule has 1 aromatic rings. The molecular formula is C17H23ClN2O4. The number of rotatable bonds is 5. The van der Waals surface area contributed by atoms with Gasteiger partial charge in [0.25, 0.3) is 5.91 Å². The van der Waals surface area contributed by atoms with Gasteiger partial charge in [-0.1, -0.05) is 11.6 Å². The van der Waals surface area contributed by atoms with Crippen LogP contribution in [0.5, 0.6) is 5.75 Å². The van der Waals surface area contributed by atoms with Gasteiger partial charge in [-0.2, -0.15) is 0 Å². The normalized spacial score (nSPS) is 26.3. The van der Waals surface area contributed by atoms with Crippen LogP contribution >= 0.6 is 11.6 Å². The topological polar surface area (TPSA) is 85.0 Å². The molecule has 3 N–H and O–H groups in total. The van der Waals surface area contributed by atoms with Crippen LogP contribution < -0.4 is 10.5 Å². The molecule has 1 aliphatic carbocycles. The first-order valence-corrected chi connectivity index (χ1v) is 8.67. The third kappa shape index (κ3) is 3.52. The second-order valence-corrected chi connectivity index (χ2v) is 6.71. The first-order valence-electron chi connectivity index (χ1n) is 8.30. The maximum Gasteiger partial charge on any atom is 0.258 e. The van der Waals surface area contributed by atoms with Gasteiger partial charge >= 0.3 is 0 Å². The molecule has 1 unspecified atom stereocenters. The predicted molar refractivity (Wildman–Crippen MR) is 90.4 cm³/mol. The monoisotopic (exact) mass is 354 g/mol. The van der Waals surface area contributed by atoms with Crippen molar-refractivity contribution in [2.45, 2.75) is 25.0 Å². The molecule has 6 nitrogen and oxygen atoms in total. The lowest BCUT2D eigenvalue weighted by Crippen LogP contribution is -2.51. The molecule has 3 rings (SSSR count). The third-order valence-corrected chi connectivity index (χ3v) is 4.94. The summed E-state index contributed by atoms with van der Waals surface area (Å²) in [5, 5.41) is 9.91. The van der Waals surface area contributed by atoms with E-state index in [1.165, 1.54) is 0 Å². The van der Waals surface area contributed by atoms with Gasteiger partial charge in [0.05, 0.1) is 24.3 Å². The van der Waals surface area contributed by atoms with Crippen LogP contribution in [0.3, 0.4) is 0 Å².